The van der Waals surface area contributed by atoms with Crippen LogP contribution in [0, 0.1) is 0 Å². The molecule has 1 atom stereocenters. The van der Waals surface area contributed by atoms with Crippen LogP contribution < -0.4 is 4.72 Å². The fourth-order valence-electron chi connectivity index (χ4n) is 1.55. The Bertz CT molecular complexity index is 520. The summed E-state index contributed by atoms with van der Waals surface area (Å²) in [5.41, 5.74) is 0.848. The van der Waals surface area contributed by atoms with Gasteiger partial charge in [-0.3, -0.25) is 9.78 Å². The Kier molecular flexibility index (Phi) is 6.97. The topological polar surface area (TPSA) is 96.4 Å². The third-order valence-corrected chi connectivity index (χ3v) is 4.67. The molecule has 0 fully saturated rings. The second kappa shape index (κ2) is 8.23. The first-order chi connectivity index (χ1) is 9.44. The van der Waals surface area contributed by atoms with Crippen LogP contribution in [-0.2, 0) is 21.2 Å². The number of carboxylic acids is 1. The second-order valence-electron chi connectivity index (χ2n) is 4.21. The molecule has 0 aliphatic heterocycles. The Morgan fingerprint density at radius 2 is 2.10 bits per heavy atom. The first-order valence-electron chi connectivity index (χ1n) is 6.05. The first-order valence-corrected chi connectivity index (χ1v) is 9.10. The Morgan fingerprint density at radius 1 is 1.45 bits per heavy atom. The fraction of sp³-hybridized carbons (Fsp3) is 0.500. The van der Waals surface area contributed by atoms with Gasteiger partial charge in [-0.25, -0.2) is 13.1 Å². The lowest BCUT2D eigenvalue weighted by Gasteiger charge is -2.14. The summed E-state index contributed by atoms with van der Waals surface area (Å²) in [4.78, 5) is 14.9. The average Bonchev–Trinajstić information content (AvgIpc) is 2.42. The molecule has 2 N–H and O–H groups in total. The molecule has 0 saturated carbocycles. The van der Waals surface area contributed by atoms with Crippen molar-refractivity contribution >= 4 is 27.8 Å². The van der Waals surface area contributed by atoms with E-state index < -0.39 is 22.0 Å². The highest BCUT2D eigenvalue weighted by Crippen LogP contribution is 2.05. The van der Waals surface area contributed by atoms with E-state index in [0.717, 1.165) is 5.56 Å². The summed E-state index contributed by atoms with van der Waals surface area (Å²) >= 11 is 1.48. The van der Waals surface area contributed by atoms with E-state index in [1.165, 1.54) is 11.8 Å². The van der Waals surface area contributed by atoms with Gasteiger partial charge in [0.15, 0.2) is 0 Å². The average molecular weight is 318 g/mol. The van der Waals surface area contributed by atoms with Crippen LogP contribution in [0.1, 0.15) is 12.0 Å². The number of nitrogens with zero attached hydrogens (tertiary/aromatic N) is 1. The first kappa shape index (κ1) is 16.9. The van der Waals surface area contributed by atoms with E-state index in [0.29, 0.717) is 12.2 Å². The molecule has 0 unspecified atom stereocenters. The molecular weight excluding hydrogens is 300 g/mol. The molecule has 112 valence electrons. The van der Waals surface area contributed by atoms with Gasteiger partial charge in [0, 0.05) is 12.4 Å². The Labute approximate surface area is 123 Å². The lowest BCUT2D eigenvalue weighted by Crippen LogP contribution is -2.42. The van der Waals surface area contributed by atoms with Gasteiger partial charge in [0.2, 0.25) is 10.0 Å². The number of aromatic nitrogens is 1. The molecule has 1 rings (SSSR count). The van der Waals surface area contributed by atoms with Crippen LogP contribution in [0.25, 0.3) is 0 Å². The third-order valence-electron chi connectivity index (χ3n) is 2.64. The Hall–Kier alpha value is -1.12. The van der Waals surface area contributed by atoms with Crippen molar-refractivity contribution < 1.29 is 18.3 Å². The van der Waals surface area contributed by atoms with Crippen molar-refractivity contribution in [3.05, 3.63) is 30.1 Å². The molecule has 1 aromatic heterocycles. The smallest absolute Gasteiger partial charge is 0.321 e. The minimum atomic E-state index is -3.61. The van der Waals surface area contributed by atoms with Crippen molar-refractivity contribution in [2.75, 3.05) is 17.8 Å². The molecule has 1 aromatic rings. The number of aryl methyl sites for hydroxylation is 1. The van der Waals surface area contributed by atoms with Crippen molar-refractivity contribution in [3.63, 3.8) is 0 Å². The SMILES string of the molecule is CSCC[C@H](NS(=O)(=O)CCc1ccncc1)C(=O)O. The number of hydrogen-bond donors (Lipinski definition) is 2. The molecule has 0 bridgehead atoms. The monoisotopic (exact) mass is 318 g/mol. The van der Waals surface area contributed by atoms with Crippen molar-refractivity contribution in [3.8, 4) is 0 Å². The van der Waals surface area contributed by atoms with Crippen molar-refractivity contribution in [2.45, 2.75) is 18.9 Å². The number of sulfonamides is 1. The largest absolute Gasteiger partial charge is 0.480 e. The second-order valence-corrected chi connectivity index (χ2v) is 7.07. The summed E-state index contributed by atoms with van der Waals surface area (Å²) in [5.74, 6) is -0.698. The summed E-state index contributed by atoms with van der Waals surface area (Å²) in [7, 11) is -3.61. The van der Waals surface area contributed by atoms with E-state index in [4.69, 9.17) is 5.11 Å². The van der Waals surface area contributed by atoms with Crippen LogP contribution in [0.4, 0.5) is 0 Å². The zero-order valence-electron chi connectivity index (χ0n) is 11.2. The molecule has 0 spiro atoms. The van der Waals surface area contributed by atoms with Gasteiger partial charge < -0.3 is 5.11 Å². The van der Waals surface area contributed by atoms with Gasteiger partial charge in [0.1, 0.15) is 6.04 Å². The van der Waals surface area contributed by atoms with E-state index in [1.54, 1.807) is 24.5 Å². The van der Waals surface area contributed by atoms with Crippen LogP contribution in [0.2, 0.25) is 0 Å². The molecule has 0 aliphatic carbocycles. The number of pyridine rings is 1. The highest BCUT2D eigenvalue weighted by molar-refractivity contribution is 7.98. The molecule has 0 saturated heterocycles. The maximum absolute atomic E-state index is 11.9. The summed E-state index contributed by atoms with van der Waals surface area (Å²) < 4.78 is 26.0. The van der Waals surface area contributed by atoms with Gasteiger partial charge in [-0.05, 0) is 42.5 Å². The molecule has 6 nitrogen and oxygen atoms in total. The van der Waals surface area contributed by atoms with Crippen molar-refractivity contribution in [1.82, 2.24) is 9.71 Å². The highest BCUT2D eigenvalue weighted by Gasteiger charge is 2.23. The van der Waals surface area contributed by atoms with Gasteiger partial charge in [-0.15, -0.1) is 0 Å². The van der Waals surface area contributed by atoms with Crippen LogP contribution >= 0.6 is 11.8 Å². The molecular formula is C12H18N2O4S2. The molecule has 20 heavy (non-hydrogen) atoms. The Morgan fingerprint density at radius 3 is 2.65 bits per heavy atom. The van der Waals surface area contributed by atoms with E-state index in [1.807, 2.05) is 6.26 Å². The zero-order valence-corrected chi connectivity index (χ0v) is 12.8. The van der Waals surface area contributed by atoms with E-state index in [9.17, 15) is 13.2 Å². The maximum Gasteiger partial charge on any atom is 0.321 e. The van der Waals surface area contributed by atoms with Gasteiger partial charge in [0.25, 0.3) is 0 Å². The molecule has 1 heterocycles. The number of carboxylic acid groups (broad SMARTS) is 1. The van der Waals surface area contributed by atoms with Crippen molar-refractivity contribution in [1.29, 1.82) is 0 Å². The van der Waals surface area contributed by atoms with Crippen LogP contribution in [0.5, 0.6) is 0 Å². The molecule has 0 aliphatic rings. The number of aliphatic carboxylic acids is 1. The molecule has 8 heteroatoms. The van der Waals surface area contributed by atoms with Gasteiger partial charge in [-0.1, -0.05) is 0 Å². The van der Waals surface area contributed by atoms with Crippen LogP contribution in [0.3, 0.4) is 0 Å². The number of carbonyl (C=O) groups is 1. The summed E-state index contributed by atoms with van der Waals surface area (Å²) in [6, 6.07) is 2.40. The maximum atomic E-state index is 11.9. The van der Waals surface area contributed by atoms with Gasteiger partial charge in [0.05, 0.1) is 5.75 Å². The number of rotatable bonds is 9. The minimum Gasteiger partial charge on any atom is -0.480 e. The molecule has 0 radical (unpaired) electrons. The van der Waals surface area contributed by atoms with E-state index >= 15 is 0 Å². The predicted octanol–water partition coefficient (Wildman–Crippen LogP) is 0.750. The van der Waals surface area contributed by atoms with Crippen molar-refractivity contribution in [2.24, 2.45) is 0 Å². The minimum absolute atomic E-state index is 0.139. The fourth-order valence-corrected chi connectivity index (χ4v) is 3.29. The third kappa shape index (κ3) is 6.36. The standard InChI is InChI=1S/C12H18N2O4S2/c1-19-8-4-11(12(15)16)14-20(17,18)9-5-10-2-6-13-7-3-10/h2-3,6-7,11,14H,4-5,8-9H2,1H3,(H,15,16)/t11-/m0/s1. The van der Waals surface area contributed by atoms with Gasteiger partial charge >= 0.3 is 5.97 Å². The summed E-state index contributed by atoms with van der Waals surface area (Å²) in [6.07, 6.45) is 5.62. The summed E-state index contributed by atoms with van der Waals surface area (Å²) in [6.45, 7) is 0. The molecule has 0 amide bonds. The summed E-state index contributed by atoms with van der Waals surface area (Å²) in [5, 5.41) is 9.00. The predicted molar refractivity (Wildman–Crippen MR) is 79.3 cm³/mol. The van der Waals surface area contributed by atoms with Crippen LogP contribution in [-0.4, -0.2) is 48.3 Å². The lowest BCUT2D eigenvalue weighted by molar-refractivity contribution is -0.139. The number of nitrogens with one attached hydrogen (secondary N) is 1. The normalized spacial score (nSPS) is 13.1. The van der Waals surface area contributed by atoms with Crippen LogP contribution in [0.15, 0.2) is 24.5 Å². The highest BCUT2D eigenvalue weighted by atomic mass is 32.2. The Balaban J connectivity index is 2.56. The van der Waals surface area contributed by atoms with Gasteiger partial charge in [-0.2, -0.15) is 11.8 Å². The zero-order chi connectivity index (χ0) is 15.0. The quantitative estimate of drug-likeness (QED) is 0.697. The molecule has 0 aromatic carbocycles. The van der Waals surface area contributed by atoms with E-state index in [2.05, 4.69) is 9.71 Å². The number of thioether (sulfide) groups is 1. The number of hydrogen-bond acceptors (Lipinski definition) is 5. The van der Waals surface area contributed by atoms with E-state index in [-0.39, 0.29) is 12.2 Å². The lowest BCUT2D eigenvalue weighted by atomic mass is 10.2.